The number of carbonyl (C=O) groups is 2. The normalized spacial score (nSPS) is 10.6. The summed E-state index contributed by atoms with van der Waals surface area (Å²) in [6.07, 6.45) is -0.235. The molecule has 0 atom stereocenters. The molecule has 0 saturated carbocycles. The standard InChI is InChI=1S/C6H11O5P/c1-10-5(7)6(8)11-4-12(2,3)9/h4H2,1-3H3. The van der Waals surface area contributed by atoms with Crippen LogP contribution in [-0.2, 0) is 23.6 Å². The molecule has 0 aliphatic carbocycles. The van der Waals surface area contributed by atoms with E-state index in [1.54, 1.807) is 0 Å². The molecular weight excluding hydrogens is 183 g/mol. The average Bonchev–Trinajstić information content (AvgIpc) is 1.97. The van der Waals surface area contributed by atoms with Gasteiger partial charge in [0.2, 0.25) is 0 Å². The van der Waals surface area contributed by atoms with Gasteiger partial charge in [-0.05, 0) is 13.3 Å². The highest BCUT2D eigenvalue weighted by atomic mass is 31.2. The molecular formula is C6H11O5P. The zero-order valence-corrected chi connectivity index (χ0v) is 8.09. The van der Waals surface area contributed by atoms with Crippen LogP contribution in [0.25, 0.3) is 0 Å². The first-order valence-electron chi connectivity index (χ1n) is 3.16. The van der Waals surface area contributed by atoms with Gasteiger partial charge in [-0.3, -0.25) is 0 Å². The van der Waals surface area contributed by atoms with Gasteiger partial charge in [0.15, 0.2) is 0 Å². The Morgan fingerprint density at radius 2 is 1.75 bits per heavy atom. The molecule has 0 aliphatic heterocycles. The quantitative estimate of drug-likeness (QED) is 0.359. The van der Waals surface area contributed by atoms with E-state index in [1.165, 1.54) is 13.3 Å². The van der Waals surface area contributed by atoms with Crippen molar-refractivity contribution in [1.82, 2.24) is 0 Å². The number of esters is 2. The van der Waals surface area contributed by atoms with Gasteiger partial charge in [-0.1, -0.05) is 0 Å². The van der Waals surface area contributed by atoms with Gasteiger partial charge in [0.25, 0.3) is 0 Å². The van der Waals surface area contributed by atoms with Crippen molar-refractivity contribution in [3.63, 3.8) is 0 Å². The average molecular weight is 194 g/mol. The van der Waals surface area contributed by atoms with E-state index in [0.717, 1.165) is 7.11 Å². The van der Waals surface area contributed by atoms with E-state index in [9.17, 15) is 14.2 Å². The van der Waals surface area contributed by atoms with Crippen LogP contribution in [0.5, 0.6) is 0 Å². The minimum Gasteiger partial charge on any atom is -0.461 e. The Hall–Kier alpha value is -0.830. The maximum atomic E-state index is 11.0. The highest BCUT2D eigenvalue weighted by Gasteiger charge is 2.18. The van der Waals surface area contributed by atoms with Gasteiger partial charge in [-0.2, -0.15) is 0 Å². The SMILES string of the molecule is COC(=O)C(=O)OCP(C)(C)=O. The van der Waals surface area contributed by atoms with E-state index in [-0.39, 0.29) is 6.35 Å². The van der Waals surface area contributed by atoms with Crippen LogP contribution in [0.3, 0.4) is 0 Å². The summed E-state index contributed by atoms with van der Waals surface area (Å²) in [7, 11) is -1.35. The Morgan fingerprint density at radius 3 is 2.08 bits per heavy atom. The predicted molar refractivity (Wildman–Crippen MR) is 42.4 cm³/mol. The molecule has 6 heteroatoms. The first-order valence-corrected chi connectivity index (χ1v) is 5.94. The molecule has 0 unspecified atom stereocenters. The number of carbonyl (C=O) groups excluding carboxylic acids is 2. The molecule has 5 nitrogen and oxygen atoms in total. The fourth-order valence-corrected chi connectivity index (χ4v) is 0.784. The van der Waals surface area contributed by atoms with Crippen molar-refractivity contribution in [3.05, 3.63) is 0 Å². The molecule has 0 heterocycles. The lowest BCUT2D eigenvalue weighted by molar-refractivity contribution is -0.164. The Balaban J connectivity index is 3.89. The van der Waals surface area contributed by atoms with Crippen LogP contribution < -0.4 is 0 Å². The summed E-state index contributed by atoms with van der Waals surface area (Å²) in [5.41, 5.74) is 0. The van der Waals surface area contributed by atoms with Crippen molar-refractivity contribution < 1.29 is 23.6 Å². The third kappa shape index (κ3) is 4.91. The number of ether oxygens (including phenoxy) is 2. The molecule has 0 N–H and O–H groups in total. The molecule has 0 saturated heterocycles. The fraction of sp³-hybridized carbons (Fsp3) is 0.667. The minimum atomic E-state index is -2.42. The second-order valence-electron chi connectivity index (χ2n) is 2.63. The summed E-state index contributed by atoms with van der Waals surface area (Å²) in [4.78, 5) is 21.0. The first kappa shape index (κ1) is 11.2. The van der Waals surface area contributed by atoms with E-state index in [1.807, 2.05) is 0 Å². The lowest BCUT2D eigenvalue weighted by Crippen LogP contribution is -2.19. The second-order valence-corrected chi connectivity index (χ2v) is 6.03. The second kappa shape index (κ2) is 4.26. The van der Waals surface area contributed by atoms with Crippen LogP contribution in [0.15, 0.2) is 0 Å². The Morgan fingerprint density at radius 1 is 1.25 bits per heavy atom. The summed E-state index contributed by atoms with van der Waals surface area (Å²) in [5.74, 6) is -2.19. The molecule has 0 aliphatic rings. The Bertz CT molecular complexity index is 228. The fourth-order valence-electron chi connectivity index (χ4n) is 0.356. The number of methoxy groups -OCH3 is 1. The maximum Gasteiger partial charge on any atom is 0.417 e. The lowest BCUT2D eigenvalue weighted by Gasteiger charge is -2.05. The van der Waals surface area contributed by atoms with E-state index in [4.69, 9.17) is 0 Å². The van der Waals surface area contributed by atoms with E-state index in [2.05, 4.69) is 9.47 Å². The van der Waals surface area contributed by atoms with Crippen molar-refractivity contribution in [2.24, 2.45) is 0 Å². The van der Waals surface area contributed by atoms with E-state index >= 15 is 0 Å². The van der Waals surface area contributed by atoms with Gasteiger partial charge in [0.05, 0.1) is 7.11 Å². The third-order valence-corrected chi connectivity index (χ3v) is 1.61. The summed E-state index contributed by atoms with van der Waals surface area (Å²) in [6, 6.07) is 0. The zero-order chi connectivity index (χ0) is 9.78. The van der Waals surface area contributed by atoms with Crippen LogP contribution in [0.4, 0.5) is 0 Å². The minimum absolute atomic E-state index is 0.235. The number of rotatable bonds is 2. The van der Waals surface area contributed by atoms with E-state index < -0.39 is 19.1 Å². The van der Waals surface area contributed by atoms with Crippen molar-refractivity contribution >= 4 is 19.1 Å². The van der Waals surface area contributed by atoms with Gasteiger partial charge in [0, 0.05) is 0 Å². The smallest absolute Gasteiger partial charge is 0.417 e. The topological polar surface area (TPSA) is 69.7 Å². The van der Waals surface area contributed by atoms with Gasteiger partial charge in [-0.15, -0.1) is 0 Å². The molecule has 0 fully saturated rings. The van der Waals surface area contributed by atoms with Crippen LogP contribution in [-0.4, -0.2) is 38.7 Å². The molecule has 0 spiro atoms. The molecule has 0 aromatic heterocycles. The molecule has 0 amide bonds. The zero-order valence-electron chi connectivity index (χ0n) is 7.20. The van der Waals surface area contributed by atoms with Gasteiger partial charge >= 0.3 is 11.9 Å². The highest BCUT2D eigenvalue weighted by molar-refractivity contribution is 7.62. The maximum absolute atomic E-state index is 11.0. The molecule has 0 aromatic carbocycles. The Kier molecular flexibility index (Phi) is 3.96. The molecule has 12 heavy (non-hydrogen) atoms. The lowest BCUT2D eigenvalue weighted by atomic mass is 10.7. The number of hydrogen-bond acceptors (Lipinski definition) is 5. The van der Waals surface area contributed by atoms with E-state index in [0.29, 0.717) is 0 Å². The summed E-state index contributed by atoms with van der Waals surface area (Å²) >= 11 is 0. The summed E-state index contributed by atoms with van der Waals surface area (Å²) in [5, 5.41) is 0. The first-order chi connectivity index (χ1) is 5.37. The Labute approximate surface area is 70.4 Å². The van der Waals surface area contributed by atoms with Crippen molar-refractivity contribution in [2.75, 3.05) is 26.8 Å². The molecule has 0 radical (unpaired) electrons. The van der Waals surface area contributed by atoms with Gasteiger partial charge in [0.1, 0.15) is 13.5 Å². The van der Waals surface area contributed by atoms with Crippen LogP contribution in [0, 0.1) is 0 Å². The van der Waals surface area contributed by atoms with Gasteiger partial charge in [-0.25, -0.2) is 9.59 Å². The third-order valence-electron chi connectivity index (χ3n) is 0.859. The van der Waals surface area contributed by atoms with Crippen LogP contribution in [0.2, 0.25) is 0 Å². The molecule has 0 bridgehead atoms. The van der Waals surface area contributed by atoms with Crippen molar-refractivity contribution in [2.45, 2.75) is 0 Å². The van der Waals surface area contributed by atoms with Crippen LogP contribution in [0.1, 0.15) is 0 Å². The number of hydrogen-bond donors (Lipinski definition) is 0. The molecule has 0 aromatic rings. The highest BCUT2D eigenvalue weighted by Crippen LogP contribution is 2.35. The predicted octanol–water partition coefficient (Wildman–Crippen LogP) is 0.283. The van der Waals surface area contributed by atoms with Crippen molar-refractivity contribution in [3.8, 4) is 0 Å². The monoisotopic (exact) mass is 194 g/mol. The molecule has 70 valence electrons. The van der Waals surface area contributed by atoms with Crippen molar-refractivity contribution in [1.29, 1.82) is 0 Å². The summed E-state index contributed by atoms with van der Waals surface area (Å²) < 4.78 is 19.5. The summed E-state index contributed by atoms with van der Waals surface area (Å²) in [6.45, 7) is 2.91. The van der Waals surface area contributed by atoms with Gasteiger partial charge < -0.3 is 14.0 Å². The largest absolute Gasteiger partial charge is 0.461 e. The van der Waals surface area contributed by atoms with Crippen LogP contribution >= 0.6 is 7.14 Å². The molecule has 0 rings (SSSR count).